The third-order valence-corrected chi connectivity index (χ3v) is 5.93. The van der Waals surface area contributed by atoms with E-state index in [-0.39, 0.29) is 5.41 Å². The van der Waals surface area contributed by atoms with Gasteiger partial charge in [0.05, 0.1) is 5.41 Å². The quantitative estimate of drug-likeness (QED) is 0.751. The minimum Gasteiger partial charge on any atom is -0.315 e. The second-order valence-electron chi connectivity index (χ2n) is 7.07. The molecule has 0 radical (unpaired) electrons. The van der Waals surface area contributed by atoms with Gasteiger partial charge in [-0.05, 0) is 37.7 Å². The molecule has 1 aromatic carbocycles. The van der Waals surface area contributed by atoms with Gasteiger partial charge >= 0.3 is 0 Å². The summed E-state index contributed by atoms with van der Waals surface area (Å²) in [6, 6.07) is 10.6. The number of hydrogen-bond acceptors (Lipinski definition) is 1. The molecular weight excluding hydrogens is 270 g/mol. The van der Waals surface area contributed by atoms with Crippen LogP contribution in [-0.4, -0.2) is 17.4 Å². The SMILES string of the molecule is O=C1N2CCCCCCC1(c1ccccc1)C1CCCC=C12. The van der Waals surface area contributed by atoms with Crippen LogP contribution in [0, 0.1) is 5.92 Å². The zero-order valence-electron chi connectivity index (χ0n) is 13.3. The number of benzene rings is 1. The van der Waals surface area contributed by atoms with E-state index in [0.717, 1.165) is 25.8 Å². The Morgan fingerprint density at radius 2 is 1.82 bits per heavy atom. The summed E-state index contributed by atoms with van der Waals surface area (Å²) in [7, 11) is 0. The van der Waals surface area contributed by atoms with Crippen LogP contribution < -0.4 is 0 Å². The maximum absolute atomic E-state index is 13.5. The first-order chi connectivity index (χ1) is 10.8. The van der Waals surface area contributed by atoms with Gasteiger partial charge in [-0.2, -0.15) is 0 Å². The van der Waals surface area contributed by atoms with Crippen molar-refractivity contribution in [1.82, 2.24) is 4.90 Å². The van der Waals surface area contributed by atoms with Gasteiger partial charge in [0.15, 0.2) is 0 Å². The van der Waals surface area contributed by atoms with Crippen LogP contribution in [-0.2, 0) is 10.2 Å². The summed E-state index contributed by atoms with van der Waals surface area (Å²) >= 11 is 0. The van der Waals surface area contributed by atoms with Crippen molar-refractivity contribution in [3.05, 3.63) is 47.7 Å². The Balaban J connectivity index is 1.88. The van der Waals surface area contributed by atoms with Crippen molar-refractivity contribution in [3.8, 4) is 0 Å². The molecule has 22 heavy (non-hydrogen) atoms. The minimum absolute atomic E-state index is 0.280. The first kappa shape index (κ1) is 14.0. The highest BCUT2D eigenvalue weighted by Crippen LogP contribution is 2.53. The van der Waals surface area contributed by atoms with Gasteiger partial charge in [-0.3, -0.25) is 4.79 Å². The van der Waals surface area contributed by atoms with Gasteiger partial charge in [0, 0.05) is 18.2 Å². The van der Waals surface area contributed by atoms with Crippen molar-refractivity contribution in [3.63, 3.8) is 0 Å². The summed E-state index contributed by atoms with van der Waals surface area (Å²) in [4.78, 5) is 15.6. The van der Waals surface area contributed by atoms with Gasteiger partial charge in [-0.1, -0.05) is 55.7 Å². The van der Waals surface area contributed by atoms with E-state index in [9.17, 15) is 4.79 Å². The molecule has 116 valence electrons. The fourth-order valence-corrected chi connectivity index (χ4v) is 4.91. The zero-order chi connectivity index (χ0) is 15.0. The van der Waals surface area contributed by atoms with Crippen LogP contribution in [0.1, 0.15) is 56.9 Å². The van der Waals surface area contributed by atoms with Crippen LogP contribution in [0.5, 0.6) is 0 Å². The second-order valence-corrected chi connectivity index (χ2v) is 7.07. The third-order valence-electron chi connectivity index (χ3n) is 5.93. The molecule has 4 rings (SSSR count). The number of allylic oxidation sites excluding steroid dienone is 2. The maximum atomic E-state index is 13.5. The van der Waals surface area contributed by atoms with Crippen molar-refractivity contribution in [2.45, 2.75) is 56.8 Å². The van der Waals surface area contributed by atoms with Gasteiger partial charge in [0.25, 0.3) is 0 Å². The molecule has 2 atom stereocenters. The summed E-state index contributed by atoms with van der Waals surface area (Å²) in [5.41, 5.74) is 2.32. The van der Waals surface area contributed by atoms with Crippen molar-refractivity contribution in [2.24, 2.45) is 5.92 Å². The van der Waals surface area contributed by atoms with E-state index in [1.54, 1.807) is 0 Å². The molecule has 3 aliphatic rings. The molecule has 1 amide bonds. The number of hydrogen-bond donors (Lipinski definition) is 0. The summed E-state index contributed by atoms with van der Waals surface area (Å²) in [6.07, 6.45) is 11.8. The molecule has 2 fully saturated rings. The van der Waals surface area contributed by atoms with Gasteiger partial charge in [0.1, 0.15) is 0 Å². The molecule has 1 aromatic rings. The van der Waals surface area contributed by atoms with Crippen LogP contribution in [0.15, 0.2) is 42.1 Å². The van der Waals surface area contributed by atoms with E-state index in [4.69, 9.17) is 0 Å². The molecule has 2 saturated heterocycles. The first-order valence-corrected chi connectivity index (χ1v) is 8.91. The predicted octanol–water partition coefficient (Wildman–Crippen LogP) is 4.41. The molecule has 2 aliphatic heterocycles. The molecule has 2 heteroatoms. The van der Waals surface area contributed by atoms with E-state index in [1.807, 2.05) is 0 Å². The highest BCUT2D eigenvalue weighted by Gasteiger charge is 2.57. The average Bonchev–Trinajstić information content (AvgIpc) is 2.86. The summed E-state index contributed by atoms with van der Waals surface area (Å²) < 4.78 is 0. The molecule has 0 saturated carbocycles. The molecule has 2 nitrogen and oxygen atoms in total. The number of fused-ring (bicyclic) bond motifs is 5. The minimum atomic E-state index is -0.280. The lowest BCUT2D eigenvalue weighted by molar-refractivity contribution is -0.132. The zero-order valence-corrected chi connectivity index (χ0v) is 13.3. The smallest absolute Gasteiger partial charge is 0.238 e. The van der Waals surface area contributed by atoms with E-state index < -0.39 is 0 Å². The molecule has 2 unspecified atom stereocenters. The lowest BCUT2D eigenvalue weighted by Gasteiger charge is -2.34. The Hall–Kier alpha value is -1.57. The summed E-state index contributed by atoms with van der Waals surface area (Å²) in [5.74, 6) is 0.799. The molecule has 2 bridgehead atoms. The second kappa shape index (κ2) is 5.57. The maximum Gasteiger partial charge on any atom is 0.238 e. The van der Waals surface area contributed by atoms with Crippen LogP contribution in [0.25, 0.3) is 0 Å². The predicted molar refractivity (Wildman–Crippen MR) is 88.3 cm³/mol. The molecule has 0 N–H and O–H groups in total. The third kappa shape index (κ3) is 1.96. The molecule has 2 heterocycles. The molecule has 0 spiro atoms. The van der Waals surface area contributed by atoms with E-state index in [0.29, 0.717) is 11.8 Å². The lowest BCUT2D eigenvalue weighted by atomic mass is 9.65. The van der Waals surface area contributed by atoms with Crippen LogP contribution in [0.4, 0.5) is 0 Å². The van der Waals surface area contributed by atoms with Gasteiger partial charge < -0.3 is 4.90 Å². The van der Waals surface area contributed by atoms with Gasteiger partial charge in [-0.15, -0.1) is 0 Å². The highest BCUT2D eigenvalue weighted by molar-refractivity contribution is 5.94. The van der Waals surface area contributed by atoms with Crippen LogP contribution in [0.2, 0.25) is 0 Å². The summed E-state index contributed by atoms with van der Waals surface area (Å²) in [6.45, 7) is 0.926. The van der Waals surface area contributed by atoms with Crippen molar-refractivity contribution in [2.75, 3.05) is 6.54 Å². The largest absolute Gasteiger partial charge is 0.315 e. The van der Waals surface area contributed by atoms with E-state index >= 15 is 0 Å². The number of carbonyl (C=O) groups is 1. The number of carbonyl (C=O) groups excluding carboxylic acids is 1. The monoisotopic (exact) mass is 295 g/mol. The number of amides is 1. The summed E-state index contributed by atoms with van der Waals surface area (Å²) in [5, 5.41) is 0. The number of rotatable bonds is 1. The fourth-order valence-electron chi connectivity index (χ4n) is 4.91. The fraction of sp³-hybridized carbons (Fsp3) is 0.550. The Kier molecular flexibility index (Phi) is 3.56. The van der Waals surface area contributed by atoms with Crippen LogP contribution in [0.3, 0.4) is 0 Å². The van der Waals surface area contributed by atoms with Gasteiger partial charge in [-0.25, -0.2) is 0 Å². The molecule has 1 aliphatic carbocycles. The standard InChI is InChI=1S/C20H25NO/c22-19-20(16-10-4-3-5-11-16)14-8-1-2-9-15-21(19)18-13-7-6-12-17(18)20/h3-5,10-11,13,17H,1-2,6-9,12,14-15H2. The Morgan fingerprint density at radius 3 is 2.68 bits per heavy atom. The lowest BCUT2D eigenvalue weighted by Crippen LogP contribution is -2.41. The van der Waals surface area contributed by atoms with Crippen LogP contribution >= 0.6 is 0 Å². The van der Waals surface area contributed by atoms with E-state index in [1.165, 1.54) is 43.4 Å². The Morgan fingerprint density at radius 1 is 1.00 bits per heavy atom. The number of nitrogens with zero attached hydrogens (tertiary/aromatic N) is 1. The highest BCUT2D eigenvalue weighted by atomic mass is 16.2. The van der Waals surface area contributed by atoms with Crippen molar-refractivity contribution < 1.29 is 4.79 Å². The molecular formula is C20H25NO. The normalized spacial score (nSPS) is 31.8. The Bertz CT molecular complexity index is 591. The van der Waals surface area contributed by atoms with Crippen molar-refractivity contribution in [1.29, 1.82) is 0 Å². The molecule has 0 aromatic heterocycles. The average molecular weight is 295 g/mol. The van der Waals surface area contributed by atoms with E-state index in [2.05, 4.69) is 41.3 Å². The van der Waals surface area contributed by atoms with Crippen molar-refractivity contribution >= 4 is 5.91 Å². The van der Waals surface area contributed by atoms with Gasteiger partial charge in [0.2, 0.25) is 5.91 Å². The topological polar surface area (TPSA) is 20.3 Å². The Labute approximate surface area is 133 Å². The first-order valence-electron chi connectivity index (χ1n) is 8.91.